The van der Waals surface area contributed by atoms with Gasteiger partial charge in [-0.2, -0.15) is 0 Å². The number of urea groups is 1. The third-order valence-corrected chi connectivity index (χ3v) is 4.10. The zero-order chi connectivity index (χ0) is 17.6. The van der Waals surface area contributed by atoms with Gasteiger partial charge in [-0.3, -0.25) is 0 Å². The van der Waals surface area contributed by atoms with Gasteiger partial charge in [0, 0.05) is 56.4 Å². The van der Waals surface area contributed by atoms with E-state index < -0.39 is 0 Å². The minimum Gasteiger partial charge on any atom is -0.481 e. The van der Waals surface area contributed by atoms with Gasteiger partial charge in [-0.05, 0) is 19.1 Å². The van der Waals surface area contributed by atoms with E-state index in [-0.39, 0.29) is 6.03 Å². The highest BCUT2D eigenvalue weighted by Gasteiger charge is 2.22. The first kappa shape index (κ1) is 16.9. The maximum Gasteiger partial charge on any atom is 0.317 e. The fourth-order valence-electron chi connectivity index (χ4n) is 2.72. The number of aromatic nitrogens is 3. The lowest BCUT2D eigenvalue weighted by Gasteiger charge is -2.34. The molecule has 0 aliphatic carbocycles. The number of hydrogen-bond acceptors (Lipinski definition) is 6. The molecule has 2 aromatic rings. The van der Waals surface area contributed by atoms with Crippen LogP contribution in [0.2, 0.25) is 0 Å². The summed E-state index contributed by atoms with van der Waals surface area (Å²) in [5, 5.41) is 2.93. The molecule has 132 valence electrons. The van der Waals surface area contributed by atoms with Gasteiger partial charge in [0.1, 0.15) is 0 Å². The molecule has 25 heavy (non-hydrogen) atoms. The van der Waals surface area contributed by atoms with Crippen LogP contribution in [0, 0.1) is 6.92 Å². The minimum atomic E-state index is -0.0868. The number of nitrogens with zero attached hydrogens (tertiary/aromatic N) is 5. The Morgan fingerprint density at radius 3 is 2.60 bits per heavy atom. The molecule has 0 aromatic carbocycles. The fraction of sp³-hybridized carbons (Fsp3) is 0.412. The van der Waals surface area contributed by atoms with Crippen molar-refractivity contribution in [2.45, 2.75) is 13.5 Å². The van der Waals surface area contributed by atoms with Gasteiger partial charge in [0.05, 0.1) is 7.11 Å². The molecule has 0 unspecified atom stereocenters. The lowest BCUT2D eigenvalue weighted by atomic mass is 10.2. The zero-order valence-corrected chi connectivity index (χ0v) is 14.5. The third-order valence-electron chi connectivity index (χ3n) is 4.10. The summed E-state index contributed by atoms with van der Waals surface area (Å²) in [6.07, 6.45) is 3.45. The van der Waals surface area contributed by atoms with Gasteiger partial charge in [0.15, 0.2) is 0 Å². The van der Waals surface area contributed by atoms with Crippen molar-refractivity contribution in [3.05, 3.63) is 41.9 Å². The standard InChI is InChI=1S/C17H22N6O2/c1-13-4-5-14(15(21-13)25-2)12-20-17(24)23-10-8-22(9-11-23)16-18-6-3-7-19-16/h3-7H,8-12H2,1-2H3,(H,20,24). The van der Waals surface area contributed by atoms with E-state index in [1.165, 1.54) is 0 Å². The Hall–Kier alpha value is -2.90. The molecule has 1 aliphatic heterocycles. The van der Waals surface area contributed by atoms with Crippen molar-refractivity contribution in [2.24, 2.45) is 0 Å². The van der Waals surface area contributed by atoms with Crippen LogP contribution in [0.1, 0.15) is 11.3 Å². The zero-order valence-electron chi connectivity index (χ0n) is 14.5. The van der Waals surface area contributed by atoms with Crippen LogP contribution < -0.4 is 15.0 Å². The molecule has 1 N–H and O–H groups in total. The number of rotatable bonds is 4. The smallest absolute Gasteiger partial charge is 0.317 e. The SMILES string of the molecule is COc1nc(C)ccc1CNC(=O)N1CCN(c2ncccn2)CC1. The molecular formula is C17H22N6O2. The van der Waals surface area contributed by atoms with Gasteiger partial charge in [-0.15, -0.1) is 0 Å². The van der Waals surface area contributed by atoms with Gasteiger partial charge < -0.3 is 19.9 Å². The van der Waals surface area contributed by atoms with Gasteiger partial charge in [-0.25, -0.2) is 19.7 Å². The molecule has 2 amide bonds. The van der Waals surface area contributed by atoms with Crippen LogP contribution in [-0.4, -0.2) is 59.2 Å². The summed E-state index contributed by atoms with van der Waals surface area (Å²) in [6, 6.07) is 5.53. The van der Waals surface area contributed by atoms with E-state index in [4.69, 9.17) is 4.74 Å². The Morgan fingerprint density at radius 2 is 1.92 bits per heavy atom. The highest BCUT2D eigenvalue weighted by Crippen LogP contribution is 2.15. The van der Waals surface area contributed by atoms with Crippen LogP contribution in [0.25, 0.3) is 0 Å². The van der Waals surface area contributed by atoms with Crippen LogP contribution in [0.3, 0.4) is 0 Å². The topological polar surface area (TPSA) is 83.5 Å². The monoisotopic (exact) mass is 342 g/mol. The fourth-order valence-corrected chi connectivity index (χ4v) is 2.72. The molecule has 0 atom stereocenters. The maximum absolute atomic E-state index is 12.4. The predicted molar refractivity (Wildman–Crippen MR) is 93.6 cm³/mol. The molecular weight excluding hydrogens is 320 g/mol. The lowest BCUT2D eigenvalue weighted by molar-refractivity contribution is 0.193. The second kappa shape index (κ2) is 7.78. The average molecular weight is 342 g/mol. The molecule has 0 bridgehead atoms. The number of hydrogen-bond donors (Lipinski definition) is 1. The van der Waals surface area contributed by atoms with Crippen LogP contribution in [-0.2, 0) is 6.54 Å². The number of carbonyl (C=O) groups excluding carboxylic acids is 1. The first-order valence-corrected chi connectivity index (χ1v) is 8.22. The van der Waals surface area contributed by atoms with Crippen LogP contribution >= 0.6 is 0 Å². The van der Waals surface area contributed by atoms with Gasteiger partial charge >= 0.3 is 6.03 Å². The van der Waals surface area contributed by atoms with Crippen LogP contribution in [0.15, 0.2) is 30.6 Å². The Balaban J connectivity index is 1.52. The number of amides is 2. The van der Waals surface area contributed by atoms with E-state index in [0.29, 0.717) is 44.6 Å². The summed E-state index contributed by atoms with van der Waals surface area (Å²) in [5.74, 6) is 1.25. The Morgan fingerprint density at radius 1 is 1.20 bits per heavy atom. The van der Waals surface area contributed by atoms with Gasteiger partial charge in [0.25, 0.3) is 0 Å². The number of anilines is 1. The van der Waals surface area contributed by atoms with E-state index in [1.807, 2.05) is 19.1 Å². The second-order valence-electron chi connectivity index (χ2n) is 5.80. The number of nitrogens with one attached hydrogen (secondary N) is 1. The summed E-state index contributed by atoms with van der Waals surface area (Å²) in [6.45, 7) is 4.98. The number of carbonyl (C=O) groups is 1. The number of piperazine rings is 1. The second-order valence-corrected chi connectivity index (χ2v) is 5.80. The van der Waals surface area contributed by atoms with Crippen LogP contribution in [0.4, 0.5) is 10.7 Å². The lowest BCUT2D eigenvalue weighted by Crippen LogP contribution is -2.52. The summed E-state index contributed by atoms with van der Waals surface area (Å²) in [7, 11) is 1.58. The number of pyridine rings is 1. The Labute approximate surface area is 146 Å². The summed E-state index contributed by atoms with van der Waals surface area (Å²) < 4.78 is 5.27. The molecule has 1 fully saturated rings. The molecule has 8 heteroatoms. The van der Waals surface area contributed by atoms with Crippen molar-refractivity contribution in [1.29, 1.82) is 0 Å². The maximum atomic E-state index is 12.4. The van der Waals surface area contributed by atoms with Crippen molar-refractivity contribution >= 4 is 12.0 Å². The normalized spacial score (nSPS) is 14.3. The van der Waals surface area contributed by atoms with E-state index in [1.54, 1.807) is 30.5 Å². The minimum absolute atomic E-state index is 0.0868. The van der Waals surface area contributed by atoms with Crippen molar-refractivity contribution in [3.63, 3.8) is 0 Å². The number of ether oxygens (including phenoxy) is 1. The molecule has 0 spiro atoms. The van der Waals surface area contributed by atoms with E-state index in [0.717, 1.165) is 11.3 Å². The van der Waals surface area contributed by atoms with E-state index in [9.17, 15) is 4.79 Å². The number of methoxy groups -OCH3 is 1. The van der Waals surface area contributed by atoms with E-state index in [2.05, 4.69) is 25.2 Å². The van der Waals surface area contributed by atoms with Crippen molar-refractivity contribution in [3.8, 4) is 5.88 Å². The molecule has 1 aliphatic rings. The number of aryl methyl sites for hydroxylation is 1. The van der Waals surface area contributed by atoms with Gasteiger partial charge in [0.2, 0.25) is 11.8 Å². The van der Waals surface area contributed by atoms with Crippen LogP contribution in [0.5, 0.6) is 5.88 Å². The third kappa shape index (κ3) is 4.14. The molecule has 0 saturated carbocycles. The molecule has 1 saturated heterocycles. The molecule has 8 nitrogen and oxygen atoms in total. The average Bonchev–Trinajstić information content (AvgIpc) is 2.67. The van der Waals surface area contributed by atoms with Crippen molar-refractivity contribution in [1.82, 2.24) is 25.2 Å². The molecule has 3 heterocycles. The first-order valence-electron chi connectivity index (χ1n) is 8.22. The Bertz CT molecular complexity index is 716. The highest BCUT2D eigenvalue weighted by molar-refractivity contribution is 5.74. The quantitative estimate of drug-likeness (QED) is 0.899. The Kier molecular flexibility index (Phi) is 5.27. The largest absolute Gasteiger partial charge is 0.481 e. The van der Waals surface area contributed by atoms with Gasteiger partial charge in [-0.1, -0.05) is 6.07 Å². The molecule has 0 radical (unpaired) electrons. The predicted octanol–water partition coefficient (Wildman–Crippen LogP) is 1.22. The molecule has 3 rings (SSSR count). The van der Waals surface area contributed by atoms with Crippen molar-refractivity contribution < 1.29 is 9.53 Å². The molecule has 2 aromatic heterocycles. The summed E-state index contributed by atoms with van der Waals surface area (Å²) >= 11 is 0. The summed E-state index contributed by atoms with van der Waals surface area (Å²) in [4.78, 5) is 29.1. The highest BCUT2D eigenvalue weighted by atomic mass is 16.5. The van der Waals surface area contributed by atoms with Crippen molar-refractivity contribution in [2.75, 3.05) is 38.2 Å². The first-order chi connectivity index (χ1) is 12.2. The van der Waals surface area contributed by atoms with E-state index >= 15 is 0 Å². The summed E-state index contributed by atoms with van der Waals surface area (Å²) in [5.41, 5.74) is 1.74.